The molecular weight excluding hydrogens is 262 g/mol. The molecule has 0 saturated heterocycles. The van der Waals surface area contributed by atoms with E-state index in [9.17, 15) is 8.42 Å². The summed E-state index contributed by atoms with van der Waals surface area (Å²) in [6, 6.07) is 10.8. The lowest BCUT2D eigenvalue weighted by Gasteiger charge is -2.11. The van der Waals surface area contributed by atoms with Crippen LogP contribution in [0.4, 0.5) is 0 Å². The summed E-state index contributed by atoms with van der Waals surface area (Å²) < 4.78 is 29.5. The Hall–Kier alpha value is -1.59. The zero-order valence-corrected chi connectivity index (χ0v) is 11.4. The second-order valence-corrected chi connectivity index (χ2v) is 6.77. The van der Waals surface area contributed by atoms with E-state index >= 15 is 0 Å². The molecule has 1 aromatic heterocycles. The lowest BCUT2D eigenvalue weighted by atomic mass is 10.1. The average Bonchev–Trinajstić information content (AvgIpc) is 2.90. The Balaban J connectivity index is 1.80. The highest BCUT2D eigenvalue weighted by Gasteiger charge is 2.33. The van der Waals surface area contributed by atoms with Crippen molar-refractivity contribution in [3.8, 4) is 0 Å². The molecule has 0 fully saturated rings. The molecule has 0 amide bonds. The van der Waals surface area contributed by atoms with Gasteiger partial charge in [0.1, 0.15) is 11.5 Å². The van der Waals surface area contributed by atoms with Crippen LogP contribution in [0.5, 0.6) is 0 Å². The molecule has 1 aliphatic heterocycles. The minimum atomic E-state index is -3.15. The van der Waals surface area contributed by atoms with Crippen molar-refractivity contribution in [1.29, 1.82) is 0 Å². The lowest BCUT2D eigenvalue weighted by molar-refractivity contribution is 0.445. The van der Waals surface area contributed by atoms with Gasteiger partial charge in [0, 0.05) is 6.04 Å². The van der Waals surface area contributed by atoms with E-state index in [1.807, 2.05) is 31.2 Å². The summed E-state index contributed by atoms with van der Waals surface area (Å²) in [4.78, 5) is 0.447. The van der Waals surface area contributed by atoms with Gasteiger partial charge in [-0.25, -0.2) is 8.42 Å². The highest BCUT2D eigenvalue weighted by molar-refractivity contribution is 7.91. The van der Waals surface area contributed by atoms with Crippen LogP contribution < -0.4 is 5.32 Å². The molecule has 19 heavy (non-hydrogen) atoms. The molecule has 1 unspecified atom stereocenters. The number of benzene rings is 1. The molecule has 0 radical (unpaired) electrons. The van der Waals surface area contributed by atoms with Gasteiger partial charge in [-0.15, -0.1) is 0 Å². The summed E-state index contributed by atoms with van der Waals surface area (Å²) in [5.41, 5.74) is 0.853. The van der Waals surface area contributed by atoms with Crippen LogP contribution in [-0.2, 0) is 16.4 Å². The first kappa shape index (κ1) is 12.4. The molecule has 1 aliphatic rings. The maximum Gasteiger partial charge on any atom is 0.180 e. The van der Waals surface area contributed by atoms with Crippen LogP contribution in [0.2, 0.25) is 0 Å². The van der Waals surface area contributed by atoms with Crippen LogP contribution in [0, 0.1) is 6.92 Å². The van der Waals surface area contributed by atoms with Gasteiger partial charge in [0.15, 0.2) is 9.84 Å². The number of rotatable bonds is 3. The van der Waals surface area contributed by atoms with Crippen LogP contribution in [-0.4, -0.2) is 14.2 Å². The van der Waals surface area contributed by atoms with Gasteiger partial charge < -0.3 is 9.73 Å². The van der Waals surface area contributed by atoms with E-state index in [0.717, 1.165) is 17.1 Å². The summed E-state index contributed by atoms with van der Waals surface area (Å²) in [7, 11) is -3.15. The zero-order chi connectivity index (χ0) is 13.5. The normalized spacial score (nSPS) is 20.4. The fourth-order valence-electron chi connectivity index (χ4n) is 2.42. The quantitative estimate of drug-likeness (QED) is 0.934. The van der Waals surface area contributed by atoms with Crippen molar-refractivity contribution in [3.63, 3.8) is 0 Å². The first-order chi connectivity index (χ1) is 9.06. The summed E-state index contributed by atoms with van der Waals surface area (Å²) in [5.74, 6) is 1.79. The summed E-state index contributed by atoms with van der Waals surface area (Å²) >= 11 is 0. The molecular formula is C14H15NO3S. The van der Waals surface area contributed by atoms with E-state index in [1.54, 1.807) is 12.1 Å². The third-order valence-corrected chi connectivity index (χ3v) is 5.15. The van der Waals surface area contributed by atoms with E-state index in [1.165, 1.54) is 0 Å². The van der Waals surface area contributed by atoms with Crippen molar-refractivity contribution in [1.82, 2.24) is 5.32 Å². The number of furan rings is 1. The molecule has 4 nitrogen and oxygen atoms in total. The molecule has 0 aliphatic carbocycles. The lowest BCUT2D eigenvalue weighted by Crippen LogP contribution is -2.22. The molecule has 0 spiro atoms. The van der Waals surface area contributed by atoms with E-state index in [-0.39, 0.29) is 11.8 Å². The fraction of sp³-hybridized carbons (Fsp3) is 0.286. The Kier molecular flexibility index (Phi) is 2.95. The van der Waals surface area contributed by atoms with Crippen LogP contribution in [0.3, 0.4) is 0 Å². The van der Waals surface area contributed by atoms with Gasteiger partial charge in [0.05, 0.1) is 17.2 Å². The van der Waals surface area contributed by atoms with Gasteiger partial charge in [-0.05, 0) is 30.7 Å². The smallest absolute Gasteiger partial charge is 0.180 e. The zero-order valence-electron chi connectivity index (χ0n) is 10.6. The molecule has 2 aromatic rings. The van der Waals surface area contributed by atoms with Gasteiger partial charge >= 0.3 is 0 Å². The molecule has 3 rings (SSSR count). The topological polar surface area (TPSA) is 59.3 Å². The molecule has 1 atom stereocenters. The molecule has 1 aromatic carbocycles. The van der Waals surface area contributed by atoms with Gasteiger partial charge in [-0.3, -0.25) is 0 Å². The van der Waals surface area contributed by atoms with E-state index in [2.05, 4.69) is 5.32 Å². The van der Waals surface area contributed by atoms with Crippen LogP contribution >= 0.6 is 0 Å². The van der Waals surface area contributed by atoms with Crippen LogP contribution in [0.15, 0.2) is 45.7 Å². The first-order valence-electron chi connectivity index (χ1n) is 6.17. The standard InChI is InChI=1S/C14H15NO3S/c1-10-6-7-11(18-10)8-15-13-9-19(16,17)14-5-3-2-4-12(13)14/h2-7,13,15H,8-9H2,1H3. The van der Waals surface area contributed by atoms with Crippen molar-refractivity contribution >= 4 is 9.84 Å². The third kappa shape index (κ3) is 2.31. The minimum Gasteiger partial charge on any atom is -0.465 e. The van der Waals surface area contributed by atoms with Crippen molar-refractivity contribution in [2.45, 2.75) is 24.4 Å². The number of nitrogens with one attached hydrogen (secondary N) is 1. The Morgan fingerprint density at radius 3 is 2.79 bits per heavy atom. The highest BCUT2D eigenvalue weighted by atomic mass is 32.2. The van der Waals surface area contributed by atoms with E-state index in [4.69, 9.17) is 4.42 Å². The van der Waals surface area contributed by atoms with Crippen molar-refractivity contribution in [2.24, 2.45) is 0 Å². The second-order valence-electron chi connectivity index (χ2n) is 4.77. The Labute approximate surface area is 112 Å². The summed E-state index contributed by atoms with van der Waals surface area (Å²) in [6.07, 6.45) is 0. The van der Waals surface area contributed by atoms with Crippen molar-refractivity contribution < 1.29 is 12.8 Å². The fourth-order valence-corrected chi connectivity index (χ4v) is 4.19. The maximum absolute atomic E-state index is 12.0. The van der Waals surface area contributed by atoms with Gasteiger partial charge in [0.25, 0.3) is 0 Å². The van der Waals surface area contributed by atoms with Gasteiger partial charge in [-0.2, -0.15) is 0 Å². The van der Waals surface area contributed by atoms with Gasteiger partial charge in [0.2, 0.25) is 0 Å². The van der Waals surface area contributed by atoms with Crippen LogP contribution in [0.25, 0.3) is 0 Å². The molecule has 100 valence electrons. The van der Waals surface area contributed by atoms with Crippen molar-refractivity contribution in [2.75, 3.05) is 5.75 Å². The third-order valence-electron chi connectivity index (χ3n) is 3.33. The predicted octanol–water partition coefficient (Wildman–Crippen LogP) is 2.21. The molecule has 0 saturated carbocycles. The maximum atomic E-state index is 12.0. The monoisotopic (exact) mass is 277 g/mol. The average molecular weight is 277 g/mol. The molecule has 2 heterocycles. The first-order valence-corrected chi connectivity index (χ1v) is 7.82. The van der Waals surface area contributed by atoms with Crippen molar-refractivity contribution in [3.05, 3.63) is 53.5 Å². The SMILES string of the molecule is Cc1ccc(CNC2CS(=O)(=O)c3ccccc32)o1. The number of hydrogen-bond acceptors (Lipinski definition) is 4. The Bertz CT molecular complexity index is 703. The number of fused-ring (bicyclic) bond motifs is 1. The van der Waals surface area contributed by atoms with E-state index in [0.29, 0.717) is 11.4 Å². The highest BCUT2D eigenvalue weighted by Crippen LogP contribution is 2.33. The van der Waals surface area contributed by atoms with E-state index < -0.39 is 9.84 Å². The van der Waals surface area contributed by atoms with Crippen LogP contribution in [0.1, 0.15) is 23.1 Å². The second kappa shape index (κ2) is 4.51. The number of sulfone groups is 1. The predicted molar refractivity (Wildman–Crippen MR) is 71.5 cm³/mol. The number of hydrogen-bond donors (Lipinski definition) is 1. The summed E-state index contributed by atoms with van der Waals surface area (Å²) in [5, 5.41) is 3.25. The summed E-state index contributed by atoms with van der Waals surface area (Å²) in [6.45, 7) is 2.42. The van der Waals surface area contributed by atoms with Gasteiger partial charge in [-0.1, -0.05) is 18.2 Å². The Morgan fingerprint density at radius 1 is 1.26 bits per heavy atom. The molecule has 1 N–H and O–H groups in total. The minimum absolute atomic E-state index is 0.117. The number of aryl methyl sites for hydroxylation is 1. The molecule has 5 heteroatoms. The largest absolute Gasteiger partial charge is 0.465 e. The molecule has 0 bridgehead atoms. The Morgan fingerprint density at radius 2 is 2.05 bits per heavy atom.